The highest BCUT2D eigenvalue weighted by Crippen LogP contribution is 2.22. The van der Waals surface area contributed by atoms with Crippen molar-refractivity contribution in [2.75, 3.05) is 36.0 Å². The minimum Gasteiger partial charge on any atom is -0.368 e. The fourth-order valence-corrected chi connectivity index (χ4v) is 3.10. The number of pyridine rings is 1. The molecule has 4 rings (SSSR count). The van der Waals surface area contributed by atoms with E-state index in [4.69, 9.17) is 0 Å². The Hall–Kier alpha value is -2.63. The molecule has 1 aliphatic heterocycles. The van der Waals surface area contributed by atoms with Crippen LogP contribution in [-0.4, -0.2) is 43.1 Å². The lowest BCUT2D eigenvalue weighted by atomic mass is 10.2. The number of carbonyl (C=O) groups is 1. The van der Waals surface area contributed by atoms with E-state index in [1.165, 1.54) is 12.1 Å². The van der Waals surface area contributed by atoms with Gasteiger partial charge in [-0.15, -0.1) is 0 Å². The Morgan fingerprint density at radius 2 is 1.64 bits per heavy atom. The van der Waals surface area contributed by atoms with E-state index in [9.17, 15) is 9.18 Å². The van der Waals surface area contributed by atoms with Crippen LogP contribution in [0.1, 0.15) is 23.3 Å². The SMILES string of the molecule is O=C(NC1CC1)c1cc(N2CCN(c3ccc(F)cc3)CC2)ccn1. The molecule has 2 fully saturated rings. The van der Waals surface area contributed by atoms with Crippen LogP contribution in [0.4, 0.5) is 15.8 Å². The molecule has 0 unspecified atom stereocenters. The van der Waals surface area contributed by atoms with Gasteiger partial charge in [0.2, 0.25) is 0 Å². The molecule has 6 heteroatoms. The Balaban J connectivity index is 1.40. The molecule has 2 heterocycles. The Morgan fingerprint density at radius 1 is 1.00 bits per heavy atom. The van der Waals surface area contributed by atoms with Crippen LogP contribution >= 0.6 is 0 Å². The number of hydrogen-bond donors (Lipinski definition) is 1. The molecule has 1 N–H and O–H groups in total. The zero-order valence-electron chi connectivity index (χ0n) is 14.0. The molecule has 0 radical (unpaired) electrons. The van der Waals surface area contributed by atoms with Gasteiger partial charge >= 0.3 is 0 Å². The maximum atomic E-state index is 13.1. The number of amides is 1. The molecule has 5 nitrogen and oxygen atoms in total. The molecule has 2 aromatic rings. The minimum absolute atomic E-state index is 0.0886. The first-order chi connectivity index (χ1) is 12.2. The number of benzene rings is 1. The van der Waals surface area contributed by atoms with Gasteiger partial charge in [-0.1, -0.05) is 0 Å². The lowest BCUT2D eigenvalue weighted by molar-refractivity contribution is 0.0946. The van der Waals surface area contributed by atoms with E-state index in [0.29, 0.717) is 11.7 Å². The summed E-state index contributed by atoms with van der Waals surface area (Å²) in [6.07, 6.45) is 3.83. The molecule has 1 aromatic heterocycles. The van der Waals surface area contributed by atoms with E-state index in [0.717, 1.165) is 50.4 Å². The summed E-state index contributed by atoms with van der Waals surface area (Å²) in [5, 5.41) is 2.97. The van der Waals surface area contributed by atoms with Gasteiger partial charge in [0.1, 0.15) is 11.5 Å². The summed E-state index contributed by atoms with van der Waals surface area (Å²) < 4.78 is 13.1. The standard InChI is InChI=1S/C19H21FN4O/c20-14-1-5-16(6-2-14)23-9-11-24(12-10-23)17-7-8-21-18(13-17)19(25)22-15-3-4-15/h1-2,5-8,13,15H,3-4,9-12H2,(H,22,25). The molecule has 1 aromatic carbocycles. The first kappa shape index (κ1) is 15.9. The molecule has 130 valence electrons. The summed E-state index contributed by atoms with van der Waals surface area (Å²) in [4.78, 5) is 20.9. The summed E-state index contributed by atoms with van der Waals surface area (Å²) in [6.45, 7) is 3.42. The average molecular weight is 340 g/mol. The number of nitrogens with one attached hydrogen (secondary N) is 1. The van der Waals surface area contributed by atoms with Crippen LogP contribution in [0.15, 0.2) is 42.6 Å². The third-order valence-electron chi connectivity index (χ3n) is 4.73. The summed E-state index contributed by atoms with van der Waals surface area (Å²) in [5.74, 6) is -0.300. The van der Waals surface area contributed by atoms with Gasteiger partial charge in [-0.25, -0.2) is 4.39 Å². The van der Waals surface area contributed by atoms with E-state index in [2.05, 4.69) is 20.1 Å². The lowest BCUT2D eigenvalue weighted by Gasteiger charge is -2.37. The zero-order valence-corrected chi connectivity index (χ0v) is 14.0. The first-order valence-corrected chi connectivity index (χ1v) is 8.71. The number of rotatable bonds is 4. The minimum atomic E-state index is -0.212. The van der Waals surface area contributed by atoms with Crippen molar-refractivity contribution in [1.82, 2.24) is 10.3 Å². The number of nitrogens with zero attached hydrogens (tertiary/aromatic N) is 3. The topological polar surface area (TPSA) is 48.5 Å². The van der Waals surface area contributed by atoms with Crippen molar-refractivity contribution in [2.45, 2.75) is 18.9 Å². The number of piperazine rings is 1. The molecule has 1 aliphatic carbocycles. The van der Waals surface area contributed by atoms with Crippen LogP contribution in [0, 0.1) is 5.82 Å². The predicted octanol–water partition coefficient (Wildman–Crippen LogP) is 2.44. The van der Waals surface area contributed by atoms with Crippen molar-refractivity contribution in [3.05, 3.63) is 54.1 Å². The normalized spacial score (nSPS) is 17.5. The Bertz CT molecular complexity index is 752. The summed E-state index contributed by atoms with van der Waals surface area (Å²) in [5.41, 5.74) is 2.54. The van der Waals surface area contributed by atoms with Crippen molar-refractivity contribution in [1.29, 1.82) is 0 Å². The number of hydrogen-bond acceptors (Lipinski definition) is 4. The van der Waals surface area contributed by atoms with E-state index >= 15 is 0 Å². The van der Waals surface area contributed by atoms with E-state index < -0.39 is 0 Å². The van der Waals surface area contributed by atoms with Crippen molar-refractivity contribution in [3.8, 4) is 0 Å². The Morgan fingerprint density at radius 3 is 2.28 bits per heavy atom. The van der Waals surface area contributed by atoms with Gasteiger partial charge < -0.3 is 15.1 Å². The fourth-order valence-electron chi connectivity index (χ4n) is 3.10. The van der Waals surface area contributed by atoms with Crippen LogP contribution < -0.4 is 15.1 Å². The van der Waals surface area contributed by atoms with E-state index in [1.54, 1.807) is 6.20 Å². The molecule has 2 aliphatic rings. The quantitative estimate of drug-likeness (QED) is 0.929. The van der Waals surface area contributed by atoms with Gasteiger partial charge in [0.25, 0.3) is 5.91 Å². The molecule has 0 bridgehead atoms. The number of carbonyl (C=O) groups excluding carboxylic acids is 1. The van der Waals surface area contributed by atoms with Gasteiger partial charge in [-0.3, -0.25) is 9.78 Å². The second kappa shape index (κ2) is 6.70. The van der Waals surface area contributed by atoms with Crippen LogP contribution in [0.5, 0.6) is 0 Å². The molecular weight excluding hydrogens is 319 g/mol. The van der Waals surface area contributed by atoms with Gasteiger partial charge in [0.15, 0.2) is 0 Å². The maximum absolute atomic E-state index is 13.1. The molecule has 1 saturated carbocycles. The molecule has 25 heavy (non-hydrogen) atoms. The molecule has 0 spiro atoms. The molecule has 0 atom stereocenters. The third-order valence-corrected chi connectivity index (χ3v) is 4.73. The second-order valence-corrected chi connectivity index (χ2v) is 6.60. The van der Waals surface area contributed by atoms with Gasteiger partial charge in [-0.05, 0) is 49.2 Å². The highest BCUT2D eigenvalue weighted by atomic mass is 19.1. The van der Waals surface area contributed by atoms with Gasteiger partial charge in [0.05, 0.1) is 0 Å². The summed E-state index contributed by atoms with van der Waals surface area (Å²) in [7, 11) is 0. The monoisotopic (exact) mass is 340 g/mol. The average Bonchev–Trinajstić information content (AvgIpc) is 3.47. The van der Waals surface area contributed by atoms with Crippen molar-refractivity contribution in [2.24, 2.45) is 0 Å². The van der Waals surface area contributed by atoms with Crippen molar-refractivity contribution >= 4 is 17.3 Å². The third kappa shape index (κ3) is 3.73. The summed E-state index contributed by atoms with van der Waals surface area (Å²) >= 11 is 0. The van der Waals surface area contributed by atoms with Crippen molar-refractivity contribution in [3.63, 3.8) is 0 Å². The number of anilines is 2. The molecule has 1 amide bonds. The van der Waals surface area contributed by atoms with E-state index in [-0.39, 0.29) is 11.7 Å². The van der Waals surface area contributed by atoms with Crippen LogP contribution in [0.3, 0.4) is 0 Å². The zero-order chi connectivity index (χ0) is 17.2. The molecular formula is C19H21FN4O. The Labute approximate surface area is 146 Å². The number of halogens is 1. The van der Waals surface area contributed by atoms with Crippen molar-refractivity contribution < 1.29 is 9.18 Å². The maximum Gasteiger partial charge on any atom is 0.270 e. The largest absolute Gasteiger partial charge is 0.368 e. The van der Waals surface area contributed by atoms with Crippen LogP contribution in [0.25, 0.3) is 0 Å². The fraction of sp³-hybridized carbons (Fsp3) is 0.368. The smallest absolute Gasteiger partial charge is 0.270 e. The van der Waals surface area contributed by atoms with Gasteiger partial charge in [0, 0.05) is 49.8 Å². The molecule has 1 saturated heterocycles. The number of aromatic nitrogens is 1. The van der Waals surface area contributed by atoms with E-state index in [1.807, 2.05) is 24.3 Å². The second-order valence-electron chi connectivity index (χ2n) is 6.60. The highest BCUT2D eigenvalue weighted by Gasteiger charge is 2.25. The predicted molar refractivity (Wildman–Crippen MR) is 95.6 cm³/mol. The lowest BCUT2D eigenvalue weighted by Crippen LogP contribution is -2.46. The Kier molecular flexibility index (Phi) is 4.26. The first-order valence-electron chi connectivity index (χ1n) is 8.71. The van der Waals surface area contributed by atoms with Crippen LogP contribution in [0.2, 0.25) is 0 Å². The highest BCUT2D eigenvalue weighted by molar-refractivity contribution is 5.93. The van der Waals surface area contributed by atoms with Gasteiger partial charge in [-0.2, -0.15) is 0 Å². The summed E-state index contributed by atoms with van der Waals surface area (Å²) in [6, 6.07) is 10.8. The van der Waals surface area contributed by atoms with Crippen LogP contribution in [-0.2, 0) is 0 Å².